The molecule has 2 aromatic carbocycles. The molecule has 0 spiro atoms. The van der Waals surface area contributed by atoms with Gasteiger partial charge in [0.25, 0.3) is 5.91 Å². The Morgan fingerprint density at radius 3 is 2.71 bits per heavy atom. The predicted octanol–water partition coefficient (Wildman–Crippen LogP) is 4.01. The highest BCUT2D eigenvalue weighted by atomic mass is 79.9. The van der Waals surface area contributed by atoms with Crippen molar-refractivity contribution in [3.8, 4) is 5.75 Å². The third kappa shape index (κ3) is 5.49. The standard InChI is InChI=1S/C20H21BrClNO4S/c1-14-9-18(5-6-19(14)22)27-12-20(24)23(17-7-8-28(25,26)13-17)11-15-3-2-4-16(21)10-15/h2-6,9-10,17H,7-8,11-13H2,1H3. The quantitative estimate of drug-likeness (QED) is 0.619. The fraction of sp³-hybridized carbons (Fsp3) is 0.350. The van der Waals surface area contributed by atoms with Gasteiger partial charge in [0.2, 0.25) is 0 Å². The molecule has 2 aromatic rings. The van der Waals surface area contributed by atoms with Crippen molar-refractivity contribution in [1.82, 2.24) is 4.90 Å². The number of aryl methyl sites for hydroxylation is 1. The summed E-state index contributed by atoms with van der Waals surface area (Å²) in [4.78, 5) is 14.5. The van der Waals surface area contributed by atoms with Gasteiger partial charge in [-0.3, -0.25) is 4.79 Å². The monoisotopic (exact) mass is 485 g/mol. The lowest BCUT2D eigenvalue weighted by atomic mass is 10.1. The molecule has 1 aliphatic rings. The van der Waals surface area contributed by atoms with Gasteiger partial charge in [-0.25, -0.2) is 8.42 Å². The van der Waals surface area contributed by atoms with E-state index in [2.05, 4.69) is 15.9 Å². The van der Waals surface area contributed by atoms with E-state index in [4.69, 9.17) is 16.3 Å². The maximum Gasteiger partial charge on any atom is 0.261 e. The number of sulfone groups is 1. The highest BCUT2D eigenvalue weighted by Gasteiger charge is 2.34. The number of hydrogen-bond acceptors (Lipinski definition) is 4. The summed E-state index contributed by atoms with van der Waals surface area (Å²) >= 11 is 9.45. The maximum atomic E-state index is 12.9. The van der Waals surface area contributed by atoms with Crippen LogP contribution in [0.2, 0.25) is 5.02 Å². The van der Waals surface area contributed by atoms with Crippen LogP contribution in [0.1, 0.15) is 17.5 Å². The molecule has 1 heterocycles. The van der Waals surface area contributed by atoms with Crippen LogP contribution in [0.25, 0.3) is 0 Å². The Morgan fingerprint density at radius 2 is 2.07 bits per heavy atom. The van der Waals surface area contributed by atoms with Crippen LogP contribution in [0.15, 0.2) is 46.9 Å². The van der Waals surface area contributed by atoms with Gasteiger partial charge in [0, 0.05) is 22.1 Å². The summed E-state index contributed by atoms with van der Waals surface area (Å²) in [6, 6.07) is 12.5. The number of nitrogens with zero attached hydrogens (tertiary/aromatic N) is 1. The van der Waals surface area contributed by atoms with Gasteiger partial charge in [0.1, 0.15) is 5.75 Å². The van der Waals surface area contributed by atoms with Crippen molar-refractivity contribution in [2.75, 3.05) is 18.1 Å². The molecule has 1 unspecified atom stereocenters. The lowest BCUT2D eigenvalue weighted by Crippen LogP contribution is -2.43. The molecule has 1 atom stereocenters. The molecule has 1 fully saturated rings. The van der Waals surface area contributed by atoms with E-state index in [0.29, 0.717) is 23.7 Å². The molecule has 0 bridgehead atoms. The van der Waals surface area contributed by atoms with Gasteiger partial charge < -0.3 is 9.64 Å². The zero-order valence-corrected chi connectivity index (χ0v) is 18.6. The van der Waals surface area contributed by atoms with Gasteiger partial charge in [-0.05, 0) is 54.8 Å². The number of amides is 1. The molecular formula is C20H21BrClNO4S. The van der Waals surface area contributed by atoms with Crippen molar-refractivity contribution in [2.24, 2.45) is 0 Å². The Labute approximate surface area is 178 Å². The smallest absolute Gasteiger partial charge is 0.261 e. The van der Waals surface area contributed by atoms with Crippen LogP contribution in [0.5, 0.6) is 5.75 Å². The fourth-order valence-electron chi connectivity index (χ4n) is 3.21. The number of benzene rings is 2. The van der Waals surface area contributed by atoms with E-state index in [-0.39, 0.29) is 30.1 Å². The summed E-state index contributed by atoms with van der Waals surface area (Å²) in [5.74, 6) is 0.413. The molecule has 1 aliphatic heterocycles. The van der Waals surface area contributed by atoms with E-state index in [1.54, 1.807) is 23.1 Å². The Balaban J connectivity index is 1.75. The molecule has 1 saturated heterocycles. The average molecular weight is 487 g/mol. The first-order chi connectivity index (χ1) is 13.2. The minimum atomic E-state index is -3.11. The lowest BCUT2D eigenvalue weighted by Gasteiger charge is -2.28. The Bertz CT molecular complexity index is 980. The first kappa shape index (κ1) is 21.1. The molecule has 0 aliphatic carbocycles. The van der Waals surface area contributed by atoms with Gasteiger partial charge in [0.15, 0.2) is 16.4 Å². The van der Waals surface area contributed by atoms with E-state index < -0.39 is 9.84 Å². The lowest BCUT2D eigenvalue weighted by molar-refractivity contribution is -0.136. The van der Waals surface area contributed by atoms with Crippen molar-refractivity contribution in [2.45, 2.75) is 25.9 Å². The van der Waals surface area contributed by atoms with Crippen LogP contribution in [-0.2, 0) is 21.2 Å². The molecular weight excluding hydrogens is 466 g/mol. The van der Waals surface area contributed by atoms with E-state index >= 15 is 0 Å². The SMILES string of the molecule is Cc1cc(OCC(=O)N(Cc2cccc(Br)c2)C2CCS(=O)(=O)C2)ccc1Cl. The number of hydrogen-bond donors (Lipinski definition) is 0. The van der Waals surface area contributed by atoms with Gasteiger partial charge in [-0.2, -0.15) is 0 Å². The van der Waals surface area contributed by atoms with Crippen molar-refractivity contribution in [3.63, 3.8) is 0 Å². The number of carbonyl (C=O) groups excluding carboxylic acids is 1. The fourth-order valence-corrected chi connectivity index (χ4v) is 5.50. The Kier molecular flexibility index (Phi) is 6.68. The number of carbonyl (C=O) groups is 1. The van der Waals surface area contributed by atoms with Crippen molar-refractivity contribution in [1.29, 1.82) is 0 Å². The summed E-state index contributed by atoms with van der Waals surface area (Å²) in [5.41, 5.74) is 1.79. The minimum absolute atomic E-state index is 0.00715. The zero-order valence-electron chi connectivity index (χ0n) is 15.4. The van der Waals surface area contributed by atoms with Gasteiger partial charge in [-0.1, -0.05) is 39.7 Å². The second kappa shape index (κ2) is 8.84. The van der Waals surface area contributed by atoms with Crippen LogP contribution in [0.3, 0.4) is 0 Å². The minimum Gasteiger partial charge on any atom is -0.484 e. The third-order valence-corrected chi connectivity index (χ3v) is 7.37. The summed E-state index contributed by atoms with van der Waals surface area (Å²) in [7, 11) is -3.11. The van der Waals surface area contributed by atoms with Crippen molar-refractivity contribution in [3.05, 3.63) is 63.1 Å². The van der Waals surface area contributed by atoms with Crippen molar-refractivity contribution < 1.29 is 17.9 Å². The van der Waals surface area contributed by atoms with E-state index in [1.165, 1.54) is 0 Å². The number of rotatable bonds is 6. The van der Waals surface area contributed by atoms with Gasteiger partial charge in [-0.15, -0.1) is 0 Å². The second-order valence-corrected chi connectivity index (χ2v) is 10.5. The molecule has 0 radical (unpaired) electrons. The predicted molar refractivity (Wildman–Crippen MR) is 113 cm³/mol. The summed E-state index contributed by atoms with van der Waals surface area (Å²) < 4.78 is 30.4. The van der Waals surface area contributed by atoms with Gasteiger partial charge in [0.05, 0.1) is 11.5 Å². The summed E-state index contributed by atoms with van der Waals surface area (Å²) in [6.45, 7) is 2.03. The number of halogens is 2. The van der Waals surface area contributed by atoms with Crippen LogP contribution < -0.4 is 4.74 Å². The normalized spacial score (nSPS) is 18.0. The molecule has 0 aromatic heterocycles. The summed E-state index contributed by atoms with van der Waals surface area (Å²) in [5, 5.41) is 0.631. The van der Waals surface area contributed by atoms with Crippen LogP contribution >= 0.6 is 27.5 Å². The van der Waals surface area contributed by atoms with E-state index in [1.807, 2.05) is 31.2 Å². The molecule has 3 rings (SSSR count). The first-order valence-corrected chi connectivity index (χ1v) is 11.9. The zero-order chi connectivity index (χ0) is 20.3. The van der Waals surface area contributed by atoms with Crippen molar-refractivity contribution >= 4 is 43.3 Å². The second-order valence-electron chi connectivity index (χ2n) is 6.91. The van der Waals surface area contributed by atoms with E-state index in [9.17, 15) is 13.2 Å². The third-order valence-electron chi connectivity index (χ3n) is 4.70. The average Bonchev–Trinajstić information content (AvgIpc) is 3.00. The highest BCUT2D eigenvalue weighted by Crippen LogP contribution is 2.23. The summed E-state index contributed by atoms with van der Waals surface area (Å²) in [6.07, 6.45) is 0.447. The van der Waals surface area contributed by atoms with E-state index in [0.717, 1.165) is 15.6 Å². The topological polar surface area (TPSA) is 63.7 Å². The molecule has 8 heteroatoms. The number of ether oxygens (including phenoxy) is 1. The molecule has 0 N–H and O–H groups in total. The van der Waals surface area contributed by atoms with Gasteiger partial charge >= 0.3 is 0 Å². The maximum absolute atomic E-state index is 12.9. The molecule has 28 heavy (non-hydrogen) atoms. The molecule has 1 amide bonds. The first-order valence-electron chi connectivity index (χ1n) is 8.87. The molecule has 0 saturated carbocycles. The highest BCUT2D eigenvalue weighted by molar-refractivity contribution is 9.10. The largest absolute Gasteiger partial charge is 0.484 e. The molecule has 150 valence electrons. The Morgan fingerprint density at radius 1 is 1.29 bits per heavy atom. The Hall–Kier alpha value is -1.57. The molecule has 5 nitrogen and oxygen atoms in total. The van der Waals surface area contributed by atoms with Crippen LogP contribution in [0.4, 0.5) is 0 Å². The van der Waals surface area contributed by atoms with Crippen LogP contribution in [0, 0.1) is 6.92 Å². The van der Waals surface area contributed by atoms with Crippen LogP contribution in [-0.4, -0.2) is 43.4 Å².